The van der Waals surface area contributed by atoms with Crippen LogP contribution >= 0.6 is 0 Å². The molecule has 1 fully saturated rings. The molecule has 0 unspecified atom stereocenters. The van der Waals surface area contributed by atoms with Gasteiger partial charge >= 0.3 is 0 Å². The highest BCUT2D eigenvalue weighted by Gasteiger charge is 2.18. The Kier molecular flexibility index (Phi) is 7.14. The molecular formula is C25H28N4O4. The SMILES string of the molecule is Cc1cccc2c(=O)n(CCCC(=O)Nc3ccccc3C(=O)NC[C@H]3CCCO3)cnc12. The molecule has 1 aromatic heterocycles. The summed E-state index contributed by atoms with van der Waals surface area (Å²) in [6, 6.07) is 12.5. The molecule has 1 atom stereocenters. The molecule has 1 saturated heterocycles. The summed E-state index contributed by atoms with van der Waals surface area (Å²) in [4.78, 5) is 42.2. The second-order valence-electron chi connectivity index (χ2n) is 8.26. The molecule has 2 aromatic carbocycles. The number of aromatic nitrogens is 2. The van der Waals surface area contributed by atoms with Crippen LogP contribution in [-0.4, -0.2) is 40.6 Å². The van der Waals surface area contributed by atoms with Gasteiger partial charge in [-0.05, 0) is 49.9 Å². The number of anilines is 1. The standard InChI is InChI=1S/C25H28N4O4/c1-17-7-4-10-20-23(17)27-16-29(25(20)32)13-5-12-22(30)28-21-11-3-2-9-19(21)24(31)26-15-18-8-6-14-33-18/h2-4,7,9-11,16,18H,5-6,8,12-15H2,1H3,(H,26,31)(H,28,30)/t18-/m1/s1. The average molecular weight is 449 g/mol. The van der Waals surface area contributed by atoms with Gasteiger partial charge in [-0.1, -0.05) is 24.3 Å². The van der Waals surface area contributed by atoms with Gasteiger partial charge in [0.1, 0.15) is 0 Å². The molecule has 0 saturated carbocycles. The van der Waals surface area contributed by atoms with Crippen LogP contribution in [-0.2, 0) is 16.1 Å². The third-order valence-electron chi connectivity index (χ3n) is 5.82. The molecular weight excluding hydrogens is 420 g/mol. The van der Waals surface area contributed by atoms with E-state index in [1.807, 2.05) is 19.1 Å². The van der Waals surface area contributed by atoms with Crippen molar-refractivity contribution in [2.75, 3.05) is 18.5 Å². The fourth-order valence-electron chi connectivity index (χ4n) is 4.02. The number of nitrogens with zero attached hydrogens (tertiary/aromatic N) is 2. The lowest BCUT2D eigenvalue weighted by Crippen LogP contribution is -2.32. The maximum Gasteiger partial charge on any atom is 0.261 e. The number of hydrogen-bond acceptors (Lipinski definition) is 5. The molecule has 1 aliphatic rings. The molecule has 172 valence electrons. The molecule has 8 heteroatoms. The number of para-hydroxylation sites is 2. The normalized spacial score (nSPS) is 15.5. The molecule has 1 aliphatic heterocycles. The molecule has 8 nitrogen and oxygen atoms in total. The van der Waals surface area contributed by atoms with Crippen LogP contribution in [0.1, 0.15) is 41.6 Å². The predicted molar refractivity (Wildman–Crippen MR) is 126 cm³/mol. The van der Waals surface area contributed by atoms with Gasteiger partial charge in [0.15, 0.2) is 0 Å². The van der Waals surface area contributed by atoms with Crippen LogP contribution in [0.5, 0.6) is 0 Å². The number of amides is 2. The summed E-state index contributed by atoms with van der Waals surface area (Å²) >= 11 is 0. The summed E-state index contributed by atoms with van der Waals surface area (Å²) in [5.41, 5.74) is 2.42. The highest BCUT2D eigenvalue weighted by Crippen LogP contribution is 2.17. The summed E-state index contributed by atoms with van der Waals surface area (Å²) < 4.78 is 7.07. The average Bonchev–Trinajstić information content (AvgIpc) is 3.33. The van der Waals surface area contributed by atoms with Gasteiger partial charge in [0, 0.05) is 26.1 Å². The summed E-state index contributed by atoms with van der Waals surface area (Å²) in [5.74, 6) is -0.461. The van der Waals surface area contributed by atoms with Crippen molar-refractivity contribution < 1.29 is 14.3 Å². The zero-order chi connectivity index (χ0) is 23.2. The number of fused-ring (bicyclic) bond motifs is 1. The molecule has 2 heterocycles. The largest absolute Gasteiger partial charge is 0.376 e. The summed E-state index contributed by atoms with van der Waals surface area (Å²) in [6.07, 6.45) is 4.21. The summed E-state index contributed by atoms with van der Waals surface area (Å²) in [7, 11) is 0. The minimum absolute atomic E-state index is 0.0487. The van der Waals surface area contributed by atoms with E-state index in [1.165, 1.54) is 10.9 Å². The first kappa shape index (κ1) is 22.7. The second kappa shape index (κ2) is 10.4. The topological polar surface area (TPSA) is 102 Å². The molecule has 0 bridgehead atoms. The highest BCUT2D eigenvalue weighted by atomic mass is 16.5. The summed E-state index contributed by atoms with van der Waals surface area (Å²) in [6.45, 7) is 3.49. The van der Waals surface area contributed by atoms with Crippen molar-refractivity contribution in [3.63, 3.8) is 0 Å². The maximum atomic E-state index is 12.7. The second-order valence-corrected chi connectivity index (χ2v) is 8.26. The van der Waals surface area contributed by atoms with E-state index in [-0.39, 0.29) is 29.9 Å². The van der Waals surface area contributed by atoms with E-state index < -0.39 is 0 Å². The van der Waals surface area contributed by atoms with Crippen molar-refractivity contribution in [2.24, 2.45) is 0 Å². The number of aryl methyl sites for hydroxylation is 2. The fourth-order valence-corrected chi connectivity index (χ4v) is 4.02. The van der Waals surface area contributed by atoms with Crippen LogP contribution < -0.4 is 16.2 Å². The Labute approximate surface area is 192 Å². The van der Waals surface area contributed by atoms with E-state index in [0.717, 1.165) is 25.0 Å². The molecule has 2 N–H and O–H groups in total. The van der Waals surface area contributed by atoms with Crippen molar-refractivity contribution in [3.8, 4) is 0 Å². The number of hydrogen-bond donors (Lipinski definition) is 2. The van der Waals surface area contributed by atoms with E-state index >= 15 is 0 Å². The molecule has 0 radical (unpaired) electrons. The fraction of sp³-hybridized carbons (Fsp3) is 0.360. The van der Waals surface area contributed by atoms with Crippen molar-refractivity contribution in [1.29, 1.82) is 0 Å². The van der Waals surface area contributed by atoms with Gasteiger partial charge in [-0.2, -0.15) is 0 Å². The first-order chi connectivity index (χ1) is 16.0. The zero-order valence-electron chi connectivity index (χ0n) is 18.7. The van der Waals surface area contributed by atoms with Gasteiger partial charge in [-0.25, -0.2) is 4.98 Å². The van der Waals surface area contributed by atoms with Gasteiger partial charge in [0.25, 0.3) is 11.5 Å². The molecule has 4 rings (SSSR count). The Morgan fingerprint density at radius 2 is 2.03 bits per heavy atom. The van der Waals surface area contributed by atoms with Crippen molar-refractivity contribution in [3.05, 3.63) is 70.3 Å². The van der Waals surface area contributed by atoms with E-state index in [0.29, 0.717) is 41.7 Å². The molecule has 0 aliphatic carbocycles. The molecule has 33 heavy (non-hydrogen) atoms. The lowest BCUT2D eigenvalue weighted by Gasteiger charge is -2.14. The third-order valence-corrected chi connectivity index (χ3v) is 5.82. The van der Waals surface area contributed by atoms with E-state index in [9.17, 15) is 14.4 Å². The Balaban J connectivity index is 1.33. The summed E-state index contributed by atoms with van der Waals surface area (Å²) in [5, 5.41) is 6.28. The van der Waals surface area contributed by atoms with Gasteiger partial charge in [0.2, 0.25) is 5.91 Å². The van der Waals surface area contributed by atoms with Crippen LogP contribution in [0.4, 0.5) is 5.69 Å². The first-order valence-electron chi connectivity index (χ1n) is 11.3. The predicted octanol–water partition coefficient (Wildman–Crippen LogP) is 3.03. The Hall–Kier alpha value is -3.52. The van der Waals surface area contributed by atoms with Crippen LogP contribution in [0.3, 0.4) is 0 Å². The molecule has 0 spiro atoms. The monoisotopic (exact) mass is 448 g/mol. The number of ether oxygens (including phenoxy) is 1. The van der Waals surface area contributed by atoms with E-state index in [2.05, 4.69) is 15.6 Å². The lowest BCUT2D eigenvalue weighted by atomic mass is 10.1. The van der Waals surface area contributed by atoms with Crippen LogP contribution in [0, 0.1) is 6.92 Å². The Bertz CT molecular complexity index is 1210. The first-order valence-corrected chi connectivity index (χ1v) is 11.3. The smallest absolute Gasteiger partial charge is 0.261 e. The van der Waals surface area contributed by atoms with Crippen molar-refractivity contribution >= 4 is 28.4 Å². The van der Waals surface area contributed by atoms with Crippen molar-refractivity contribution in [1.82, 2.24) is 14.9 Å². The van der Waals surface area contributed by atoms with Gasteiger partial charge in [-0.15, -0.1) is 0 Å². The number of carbonyl (C=O) groups excluding carboxylic acids is 2. The van der Waals surface area contributed by atoms with E-state index in [4.69, 9.17) is 4.74 Å². The number of benzene rings is 2. The number of carbonyl (C=O) groups is 2. The number of rotatable bonds is 8. The number of nitrogens with one attached hydrogen (secondary N) is 2. The highest BCUT2D eigenvalue weighted by molar-refractivity contribution is 6.03. The van der Waals surface area contributed by atoms with Crippen LogP contribution in [0.2, 0.25) is 0 Å². The van der Waals surface area contributed by atoms with Gasteiger partial charge in [0.05, 0.1) is 34.6 Å². The zero-order valence-corrected chi connectivity index (χ0v) is 18.7. The lowest BCUT2D eigenvalue weighted by molar-refractivity contribution is -0.116. The molecule has 2 amide bonds. The van der Waals surface area contributed by atoms with Gasteiger partial charge < -0.3 is 15.4 Å². The quantitative estimate of drug-likeness (QED) is 0.552. The van der Waals surface area contributed by atoms with Gasteiger partial charge in [-0.3, -0.25) is 19.0 Å². The maximum absolute atomic E-state index is 12.7. The van der Waals surface area contributed by atoms with Crippen molar-refractivity contribution in [2.45, 2.75) is 45.3 Å². The minimum atomic E-state index is -0.245. The minimum Gasteiger partial charge on any atom is -0.376 e. The molecule has 3 aromatic rings. The van der Waals surface area contributed by atoms with E-state index in [1.54, 1.807) is 30.3 Å². The third kappa shape index (κ3) is 5.46. The van der Waals surface area contributed by atoms with Crippen LogP contribution in [0.15, 0.2) is 53.6 Å². The Morgan fingerprint density at radius 1 is 1.18 bits per heavy atom. The Morgan fingerprint density at radius 3 is 2.85 bits per heavy atom. The van der Waals surface area contributed by atoms with Crippen LogP contribution in [0.25, 0.3) is 10.9 Å².